The molecule has 0 aliphatic carbocycles. The lowest BCUT2D eigenvalue weighted by Gasteiger charge is -2.38. The number of rotatable bonds is 5. The molecule has 7 heteroatoms. The van der Waals surface area contributed by atoms with E-state index in [0.717, 1.165) is 19.3 Å². The number of hydrogen-bond donors (Lipinski definition) is 2. The van der Waals surface area contributed by atoms with Crippen LogP contribution in [0.3, 0.4) is 0 Å². The maximum Gasteiger partial charge on any atom is 0.329 e. The molecular weight excluding hydrogens is 264 g/mol. The summed E-state index contributed by atoms with van der Waals surface area (Å²) in [7, 11) is 0. The van der Waals surface area contributed by atoms with Gasteiger partial charge in [-0.3, -0.25) is 10.1 Å². The number of hydrogen-bond acceptors (Lipinski definition) is 4. The van der Waals surface area contributed by atoms with Crippen LogP contribution in [0.25, 0.3) is 0 Å². The minimum absolute atomic E-state index is 0.269. The van der Waals surface area contributed by atoms with E-state index < -0.39 is 31.1 Å². The SMILES string of the molecule is CCC1(C)CCN(C(=O)NC(=O)COCC(=O)O)CC1. The Morgan fingerprint density at radius 3 is 2.35 bits per heavy atom. The van der Waals surface area contributed by atoms with Gasteiger partial charge < -0.3 is 14.7 Å². The second-order valence-corrected chi connectivity index (χ2v) is 5.39. The number of carboxylic acids is 1. The summed E-state index contributed by atoms with van der Waals surface area (Å²) in [6.07, 6.45) is 2.91. The zero-order chi connectivity index (χ0) is 15.2. The highest BCUT2D eigenvalue weighted by Gasteiger charge is 2.30. The molecule has 1 aliphatic rings. The van der Waals surface area contributed by atoms with Crippen LogP contribution < -0.4 is 5.32 Å². The molecular formula is C13H22N2O5. The lowest BCUT2D eigenvalue weighted by atomic mass is 9.78. The van der Waals surface area contributed by atoms with Crippen LogP contribution in [0.2, 0.25) is 0 Å². The summed E-state index contributed by atoms with van der Waals surface area (Å²) in [6.45, 7) is 4.60. The Kier molecular flexibility index (Phi) is 5.94. The van der Waals surface area contributed by atoms with Crippen molar-refractivity contribution in [2.75, 3.05) is 26.3 Å². The van der Waals surface area contributed by atoms with E-state index in [9.17, 15) is 14.4 Å². The molecule has 0 aromatic carbocycles. The molecule has 114 valence electrons. The number of urea groups is 1. The van der Waals surface area contributed by atoms with Gasteiger partial charge in [-0.05, 0) is 18.3 Å². The maximum atomic E-state index is 11.8. The van der Waals surface area contributed by atoms with E-state index in [1.165, 1.54) is 0 Å². The third kappa shape index (κ3) is 5.16. The Labute approximate surface area is 118 Å². The minimum Gasteiger partial charge on any atom is -0.480 e. The number of piperidine rings is 1. The smallest absolute Gasteiger partial charge is 0.329 e. The average molecular weight is 286 g/mol. The topological polar surface area (TPSA) is 95.9 Å². The summed E-state index contributed by atoms with van der Waals surface area (Å²) in [5.74, 6) is -1.78. The van der Waals surface area contributed by atoms with Crippen molar-refractivity contribution < 1.29 is 24.2 Å². The Morgan fingerprint density at radius 2 is 1.85 bits per heavy atom. The van der Waals surface area contributed by atoms with E-state index >= 15 is 0 Å². The molecule has 0 aromatic rings. The van der Waals surface area contributed by atoms with Crippen LogP contribution in [0.4, 0.5) is 4.79 Å². The third-order valence-electron chi connectivity index (χ3n) is 3.82. The van der Waals surface area contributed by atoms with Crippen LogP contribution in [0.5, 0.6) is 0 Å². The molecule has 3 amide bonds. The van der Waals surface area contributed by atoms with Crippen molar-refractivity contribution in [3.05, 3.63) is 0 Å². The molecule has 0 aromatic heterocycles. The zero-order valence-electron chi connectivity index (χ0n) is 12.0. The Morgan fingerprint density at radius 1 is 1.25 bits per heavy atom. The fraction of sp³-hybridized carbons (Fsp3) is 0.769. The molecule has 1 saturated heterocycles. The molecule has 1 aliphatic heterocycles. The van der Waals surface area contributed by atoms with E-state index in [4.69, 9.17) is 5.11 Å². The number of amides is 3. The molecule has 1 heterocycles. The van der Waals surface area contributed by atoms with Gasteiger partial charge in [-0.15, -0.1) is 0 Å². The van der Waals surface area contributed by atoms with Gasteiger partial charge in [0.25, 0.3) is 5.91 Å². The lowest BCUT2D eigenvalue weighted by molar-refractivity contribution is -0.143. The third-order valence-corrected chi connectivity index (χ3v) is 3.82. The molecule has 2 N–H and O–H groups in total. The predicted molar refractivity (Wildman–Crippen MR) is 71.2 cm³/mol. The summed E-state index contributed by atoms with van der Waals surface area (Å²) in [4.78, 5) is 35.0. The van der Waals surface area contributed by atoms with Crippen molar-refractivity contribution in [3.8, 4) is 0 Å². The maximum absolute atomic E-state index is 11.8. The summed E-state index contributed by atoms with van der Waals surface area (Å²) >= 11 is 0. The van der Waals surface area contributed by atoms with E-state index in [1.54, 1.807) is 4.90 Å². The van der Waals surface area contributed by atoms with Crippen molar-refractivity contribution in [3.63, 3.8) is 0 Å². The van der Waals surface area contributed by atoms with Crippen LogP contribution in [0, 0.1) is 5.41 Å². The van der Waals surface area contributed by atoms with Crippen molar-refractivity contribution >= 4 is 17.9 Å². The Hall–Kier alpha value is -1.63. The fourth-order valence-electron chi connectivity index (χ4n) is 2.07. The second-order valence-electron chi connectivity index (χ2n) is 5.39. The summed E-state index contributed by atoms with van der Waals surface area (Å²) in [6, 6.07) is -0.438. The molecule has 0 radical (unpaired) electrons. The Balaban J connectivity index is 2.29. The van der Waals surface area contributed by atoms with Crippen LogP contribution in [0.15, 0.2) is 0 Å². The van der Waals surface area contributed by atoms with Gasteiger partial charge in [-0.1, -0.05) is 20.3 Å². The predicted octanol–water partition coefficient (Wildman–Crippen LogP) is 0.836. The van der Waals surface area contributed by atoms with Gasteiger partial charge in [-0.25, -0.2) is 9.59 Å². The first-order chi connectivity index (χ1) is 9.36. The number of carboxylic acid groups (broad SMARTS) is 1. The molecule has 7 nitrogen and oxygen atoms in total. The molecule has 1 rings (SSSR count). The van der Waals surface area contributed by atoms with Crippen LogP contribution >= 0.6 is 0 Å². The highest BCUT2D eigenvalue weighted by atomic mass is 16.5. The van der Waals surface area contributed by atoms with Crippen molar-refractivity contribution in [2.45, 2.75) is 33.1 Å². The monoisotopic (exact) mass is 286 g/mol. The summed E-state index contributed by atoms with van der Waals surface area (Å²) in [5, 5.41) is 10.6. The highest BCUT2D eigenvalue weighted by Crippen LogP contribution is 2.33. The van der Waals surface area contributed by atoms with Gasteiger partial charge in [0.05, 0.1) is 0 Å². The number of carbonyl (C=O) groups is 3. The van der Waals surface area contributed by atoms with Crippen LogP contribution in [-0.2, 0) is 14.3 Å². The minimum atomic E-state index is -1.15. The Bertz CT molecular complexity index is 375. The second kappa shape index (κ2) is 7.23. The van der Waals surface area contributed by atoms with Gasteiger partial charge in [0, 0.05) is 13.1 Å². The van der Waals surface area contributed by atoms with Crippen molar-refractivity contribution in [1.29, 1.82) is 0 Å². The quantitative estimate of drug-likeness (QED) is 0.780. The van der Waals surface area contributed by atoms with E-state index in [0.29, 0.717) is 13.1 Å². The average Bonchev–Trinajstić information content (AvgIpc) is 2.39. The normalized spacial score (nSPS) is 17.6. The molecule has 0 saturated carbocycles. The first-order valence-electron chi connectivity index (χ1n) is 6.74. The number of carbonyl (C=O) groups excluding carboxylic acids is 2. The van der Waals surface area contributed by atoms with E-state index in [2.05, 4.69) is 23.9 Å². The number of ether oxygens (including phenoxy) is 1. The van der Waals surface area contributed by atoms with Crippen molar-refractivity contribution in [2.24, 2.45) is 5.41 Å². The number of nitrogens with zero attached hydrogens (tertiary/aromatic N) is 1. The zero-order valence-corrected chi connectivity index (χ0v) is 12.0. The number of imide groups is 1. The first kappa shape index (κ1) is 16.4. The molecule has 1 fully saturated rings. The summed E-state index contributed by atoms with van der Waals surface area (Å²) < 4.78 is 4.61. The molecule has 0 atom stereocenters. The number of nitrogens with one attached hydrogen (secondary N) is 1. The number of likely N-dealkylation sites (tertiary alicyclic amines) is 1. The fourth-order valence-corrected chi connectivity index (χ4v) is 2.07. The van der Waals surface area contributed by atoms with Gasteiger partial charge in [-0.2, -0.15) is 0 Å². The van der Waals surface area contributed by atoms with Gasteiger partial charge in [0.2, 0.25) is 0 Å². The van der Waals surface area contributed by atoms with E-state index in [1.807, 2.05) is 0 Å². The number of aliphatic carboxylic acids is 1. The van der Waals surface area contributed by atoms with Crippen LogP contribution in [0.1, 0.15) is 33.1 Å². The van der Waals surface area contributed by atoms with Gasteiger partial charge >= 0.3 is 12.0 Å². The summed E-state index contributed by atoms with van der Waals surface area (Å²) in [5.41, 5.74) is 0.269. The molecule has 0 unspecified atom stereocenters. The van der Waals surface area contributed by atoms with Gasteiger partial charge in [0.1, 0.15) is 13.2 Å². The standard InChI is InChI=1S/C13H22N2O5/c1-3-13(2)4-6-15(7-5-13)12(19)14-10(16)8-20-9-11(17)18/h3-9H2,1-2H3,(H,17,18)(H,14,16,19). The first-order valence-corrected chi connectivity index (χ1v) is 6.74. The lowest BCUT2D eigenvalue weighted by Crippen LogP contribution is -2.49. The molecule has 0 bridgehead atoms. The molecule has 20 heavy (non-hydrogen) atoms. The van der Waals surface area contributed by atoms with Gasteiger partial charge in [0.15, 0.2) is 0 Å². The van der Waals surface area contributed by atoms with Crippen molar-refractivity contribution in [1.82, 2.24) is 10.2 Å². The largest absolute Gasteiger partial charge is 0.480 e. The molecule has 0 spiro atoms. The highest BCUT2D eigenvalue weighted by molar-refractivity contribution is 5.95. The van der Waals surface area contributed by atoms with E-state index in [-0.39, 0.29) is 5.41 Å². The van der Waals surface area contributed by atoms with Crippen LogP contribution in [-0.4, -0.2) is 54.2 Å².